The molecule has 172 valence electrons. The summed E-state index contributed by atoms with van der Waals surface area (Å²) >= 11 is 1.49. The van der Waals surface area contributed by atoms with Crippen LogP contribution in [0.1, 0.15) is 32.0 Å². The molecule has 1 aromatic heterocycles. The number of aromatic amines is 1. The van der Waals surface area contributed by atoms with Gasteiger partial charge in [-0.25, -0.2) is 4.79 Å². The number of hydrogen-bond acceptors (Lipinski definition) is 7. The van der Waals surface area contributed by atoms with Crippen molar-refractivity contribution < 1.29 is 24.1 Å². The predicted octanol–water partition coefficient (Wildman–Crippen LogP) is 3.06. The molecule has 0 radical (unpaired) electrons. The Labute approximate surface area is 194 Å². The number of hydrogen-bond donors (Lipinski definition) is 3. The summed E-state index contributed by atoms with van der Waals surface area (Å²) in [7, 11) is 0. The summed E-state index contributed by atoms with van der Waals surface area (Å²) in [5, 5.41) is 17.7. The van der Waals surface area contributed by atoms with Crippen molar-refractivity contribution in [2.45, 2.75) is 31.6 Å². The van der Waals surface area contributed by atoms with Gasteiger partial charge in [0.2, 0.25) is 5.16 Å². The first-order chi connectivity index (χ1) is 16.0. The van der Waals surface area contributed by atoms with Gasteiger partial charge < -0.3 is 19.9 Å². The minimum atomic E-state index is -1.07. The number of anilines is 1. The summed E-state index contributed by atoms with van der Waals surface area (Å²) in [5.41, 5.74) is 2.61. The molecule has 10 heteroatoms. The van der Waals surface area contributed by atoms with Crippen LogP contribution >= 0.6 is 11.8 Å². The second-order valence-electron chi connectivity index (χ2n) is 7.31. The summed E-state index contributed by atoms with van der Waals surface area (Å²) in [6, 6.07) is 12.8. The number of carboxylic acids is 1. The smallest absolute Gasteiger partial charge is 0.341 e. The van der Waals surface area contributed by atoms with Gasteiger partial charge in [0.05, 0.1) is 17.9 Å². The Kier molecular flexibility index (Phi) is 6.83. The van der Waals surface area contributed by atoms with Crippen LogP contribution in [0.3, 0.4) is 0 Å². The molecule has 3 N–H and O–H groups in total. The van der Waals surface area contributed by atoms with Crippen LogP contribution in [0.2, 0.25) is 0 Å². The van der Waals surface area contributed by atoms with Crippen LogP contribution in [0.4, 0.5) is 5.69 Å². The Balaban J connectivity index is 1.82. The van der Waals surface area contributed by atoms with Gasteiger partial charge in [0.25, 0.3) is 6.17 Å². The minimum Gasteiger partial charge on any atom is -0.490 e. The van der Waals surface area contributed by atoms with Crippen LogP contribution in [-0.2, 0) is 4.79 Å². The van der Waals surface area contributed by atoms with E-state index >= 15 is 0 Å². The molecular weight excluding hydrogens is 444 g/mol. The lowest BCUT2D eigenvalue weighted by Crippen LogP contribution is -2.55. The number of nitrogens with one attached hydrogen (secondary N) is 2. The lowest BCUT2D eigenvalue weighted by Gasteiger charge is -2.23. The molecule has 33 heavy (non-hydrogen) atoms. The Morgan fingerprint density at radius 3 is 2.76 bits per heavy atom. The molecule has 0 amide bonds. The van der Waals surface area contributed by atoms with Crippen molar-refractivity contribution in [1.29, 1.82) is 0 Å². The molecule has 0 saturated heterocycles. The Hall–Kier alpha value is -3.53. The summed E-state index contributed by atoms with van der Waals surface area (Å²) in [6.45, 7) is 3.82. The second kappa shape index (κ2) is 9.95. The van der Waals surface area contributed by atoms with Crippen molar-refractivity contribution in [1.82, 2.24) is 10.1 Å². The topological polar surface area (TPSA) is 117 Å². The average Bonchev–Trinajstić information content (AvgIpc) is 2.81. The van der Waals surface area contributed by atoms with Gasteiger partial charge in [-0.05, 0) is 48.4 Å². The number of H-pyrrole nitrogens is 1. The number of carboxylic acid groups (broad SMARTS) is 1. The molecule has 0 spiro atoms. The van der Waals surface area contributed by atoms with Crippen LogP contribution in [-0.4, -0.2) is 40.1 Å². The lowest BCUT2D eigenvalue weighted by molar-refractivity contribution is -0.759. The highest BCUT2D eigenvalue weighted by atomic mass is 32.2. The number of rotatable bonds is 9. The van der Waals surface area contributed by atoms with Gasteiger partial charge in [0, 0.05) is 16.4 Å². The third kappa shape index (κ3) is 4.80. The molecule has 1 aliphatic rings. The average molecular weight is 470 g/mol. The summed E-state index contributed by atoms with van der Waals surface area (Å²) in [5.74, 6) is 0.519. The second-order valence-corrected chi connectivity index (χ2v) is 8.40. The summed E-state index contributed by atoms with van der Waals surface area (Å²) < 4.78 is 12.8. The lowest BCUT2D eigenvalue weighted by atomic mass is 10.0. The molecular formula is C23H25N4O5S+. The van der Waals surface area contributed by atoms with Gasteiger partial charge in [-0.3, -0.25) is 9.78 Å². The fourth-order valence-electron chi connectivity index (χ4n) is 3.60. The van der Waals surface area contributed by atoms with Gasteiger partial charge in [-0.2, -0.15) is 0 Å². The monoisotopic (exact) mass is 469 g/mol. The number of thioether (sulfide) groups is 1. The Bertz CT molecular complexity index is 1230. The fraction of sp³-hybridized carbons (Fsp3) is 0.304. The fourth-order valence-corrected chi connectivity index (χ4v) is 4.31. The van der Waals surface area contributed by atoms with E-state index in [-0.39, 0.29) is 5.56 Å². The van der Waals surface area contributed by atoms with Gasteiger partial charge in [-0.15, -0.1) is 0 Å². The van der Waals surface area contributed by atoms with Crippen LogP contribution in [0.25, 0.3) is 11.3 Å². The van der Waals surface area contributed by atoms with Gasteiger partial charge in [-0.1, -0.05) is 30.8 Å². The summed E-state index contributed by atoms with van der Waals surface area (Å²) in [4.78, 5) is 26.9. The van der Waals surface area contributed by atoms with E-state index in [9.17, 15) is 9.59 Å². The molecule has 2 aromatic carbocycles. The molecule has 0 unspecified atom stereocenters. The molecule has 9 nitrogen and oxygen atoms in total. The molecule has 1 atom stereocenters. The zero-order valence-corrected chi connectivity index (χ0v) is 19.1. The van der Waals surface area contributed by atoms with Crippen LogP contribution < -0.4 is 25.0 Å². The van der Waals surface area contributed by atoms with E-state index in [2.05, 4.69) is 17.2 Å². The zero-order chi connectivity index (χ0) is 23.4. The van der Waals surface area contributed by atoms with E-state index in [1.807, 2.05) is 37.3 Å². The van der Waals surface area contributed by atoms with Gasteiger partial charge >= 0.3 is 17.2 Å². The third-order valence-electron chi connectivity index (χ3n) is 4.96. The highest BCUT2D eigenvalue weighted by molar-refractivity contribution is 7.99. The van der Waals surface area contributed by atoms with Crippen molar-refractivity contribution in [3.63, 3.8) is 0 Å². The minimum absolute atomic E-state index is 0.214. The first-order valence-electron chi connectivity index (χ1n) is 10.7. The van der Waals surface area contributed by atoms with E-state index in [0.29, 0.717) is 29.0 Å². The number of aliphatic carboxylic acids is 1. The molecule has 3 aromatic rings. The summed E-state index contributed by atoms with van der Waals surface area (Å²) in [6.07, 6.45) is 0.474. The van der Waals surface area contributed by atoms with E-state index < -0.39 is 18.7 Å². The van der Waals surface area contributed by atoms with Crippen molar-refractivity contribution >= 4 is 23.4 Å². The first kappa shape index (κ1) is 22.7. The molecule has 4 rings (SSSR count). The number of para-hydroxylation sites is 1. The number of nitrogens with zero attached hydrogens (tertiary/aromatic N) is 2. The maximum atomic E-state index is 13.1. The highest BCUT2D eigenvalue weighted by Gasteiger charge is 2.38. The van der Waals surface area contributed by atoms with Crippen LogP contribution in [0.5, 0.6) is 11.5 Å². The standard InChI is InChI=1S/C23H24N4O5S/c1-3-11-33-23-25-22(30)20-15-7-5-6-8-16(15)24-21(27(20)26-23)14-9-10-17(32-13-19(28)29)18(12-14)31-4-2/h5-10,12,21H,3-4,11,13H2,1-2H3,(H2,25,26,28,29,30)/p+1/t21-/m1/s1. The molecule has 1 aliphatic heterocycles. The highest BCUT2D eigenvalue weighted by Crippen LogP contribution is 2.35. The number of carbonyl (C=O) groups is 1. The number of benzene rings is 2. The maximum absolute atomic E-state index is 13.1. The molecule has 0 fully saturated rings. The number of fused-ring (bicyclic) bond motifs is 3. The molecule has 2 heterocycles. The van der Waals surface area contributed by atoms with E-state index in [0.717, 1.165) is 29.0 Å². The molecule has 0 saturated carbocycles. The maximum Gasteiger partial charge on any atom is 0.341 e. The van der Waals surface area contributed by atoms with Gasteiger partial charge in [0.15, 0.2) is 18.1 Å². The Morgan fingerprint density at radius 1 is 1.18 bits per heavy atom. The quantitative estimate of drug-likeness (QED) is 0.323. The van der Waals surface area contributed by atoms with E-state index in [1.54, 1.807) is 16.8 Å². The molecule has 0 bridgehead atoms. The number of ether oxygens (including phenoxy) is 2. The van der Waals surface area contributed by atoms with Gasteiger partial charge in [0.1, 0.15) is 0 Å². The largest absolute Gasteiger partial charge is 0.490 e. The number of aromatic nitrogens is 3. The normalized spacial score (nSPS) is 14.1. The van der Waals surface area contributed by atoms with Crippen LogP contribution in [0, 0.1) is 0 Å². The third-order valence-corrected chi connectivity index (χ3v) is 6.03. The van der Waals surface area contributed by atoms with E-state index in [1.165, 1.54) is 11.8 Å². The van der Waals surface area contributed by atoms with Crippen molar-refractivity contribution in [3.05, 3.63) is 58.4 Å². The zero-order valence-electron chi connectivity index (χ0n) is 18.3. The predicted molar refractivity (Wildman–Crippen MR) is 124 cm³/mol. The SMILES string of the molecule is CCCSc1n[n+]2c(c(=O)[nH]1)-c1ccccc1N[C@H]2c1ccc(OCC(=O)O)c(OCC)c1. The van der Waals surface area contributed by atoms with Crippen molar-refractivity contribution in [3.8, 4) is 22.8 Å². The Morgan fingerprint density at radius 2 is 2.00 bits per heavy atom. The first-order valence-corrected chi connectivity index (χ1v) is 11.7. The van der Waals surface area contributed by atoms with Crippen molar-refractivity contribution in [2.24, 2.45) is 0 Å². The van der Waals surface area contributed by atoms with Crippen LogP contribution in [0.15, 0.2) is 52.4 Å². The van der Waals surface area contributed by atoms with E-state index in [4.69, 9.17) is 19.7 Å². The molecule has 0 aliphatic carbocycles. The van der Waals surface area contributed by atoms with Crippen molar-refractivity contribution in [2.75, 3.05) is 24.3 Å².